The Labute approximate surface area is 103 Å². The maximum atomic E-state index is 11.5. The van der Waals surface area contributed by atoms with E-state index in [1.165, 1.54) is 19.1 Å². The average Bonchev–Trinajstić information content (AvgIpc) is 2.28. The predicted octanol–water partition coefficient (Wildman–Crippen LogP) is 0.632. The van der Waals surface area contributed by atoms with E-state index in [0.29, 0.717) is 5.56 Å². The summed E-state index contributed by atoms with van der Waals surface area (Å²) in [7, 11) is 0. The number of Topliss-reactive ketones (excluding diaryl/α,β-unsaturated/α-hetero) is 1. The number of hydrogen-bond donors (Lipinski definition) is 2. The van der Waals surface area contributed by atoms with Gasteiger partial charge in [-0.15, -0.1) is 0 Å². The Kier molecular flexibility index (Phi) is 4.74. The molecule has 0 atom stereocenters. The van der Waals surface area contributed by atoms with Gasteiger partial charge in [-0.3, -0.25) is 25.0 Å². The van der Waals surface area contributed by atoms with Crippen molar-refractivity contribution in [3.05, 3.63) is 35.9 Å². The Bertz CT molecular complexity index is 482. The van der Waals surface area contributed by atoms with Gasteiger partial charge in [0.15, 0.2) is 0 Å². The van der Waals surface area contributed by atoms with Crippen LogP contribution in [0.1, 0.15) is 23.7 Å². The van der Waals surface area contributed by atoms with Gasteiger partial charge in [-0.2, -0.15) is 0 Å². The van der Waals surface area contributed by atoms with Crippen molar-refractivity contribution in [2.45, 2.75) is 13.3 Å². The fourth-order valence-corrected chi connectivity index (χ4v) is 1.19. The van der Waals surface area contributed by atoms with E-state index in [2.05, 4.69) is 0 Å². The molecule has 0 aliphatic carbocycles. The minimum atomic E-state index is -0.949. The van der Waals surface area contributed by atoms with Crippen molar-refractivity contribution >= 4 is 23.6 Å². The van der Waals surface area contributed by atoms with Gasteiger partial charge in [0, 0.05) is 5.56 Å². The molecule has 2 N–H and O–H groups in total. The molecule has 1 aromatic carbocycles. The second-order valence-corrected chi connectivity index (χ2v) is 3.58. The highest BCUT2D eigenvalue weighted by Gasteiger charge is 2.13. The maximum Gasteiger partial charge on any atom is 0.328 e. The minimum Gasteiger partial charge on any atom is -0.299 e. The predicted molar refractivity (Wildman–Crippen MR) is 62.7 cm³/mol. The molecule has 0 saturated heterocycles. The maximum absolute atomic E-state index is 11.5. The first-order valence-electron chi connectivity index (χ1n) is 5.18. The summed E-state index contributed by atoms with van der Waals surface area (Å²) in [5.41, 5.74) is 0.298. The van der Waals surface area contributed by atoms with Crippen molar-refractivity contribution < 1.29 is 19.2 Å². The molecule has 0 aromatic heterocycles. The summed E-state index contributed by atoms with van der Waals surface area (Å²) in [6, 6.07) is 7.13. The Hall–Kier alpha value is -2.50. The van der Waals surface area contributed by atoms with Crippen LogP contribution in [0.2, 0.25) is 0 Å². The zero-order chi connectivity index (χ0) is 13.5. The molecule has 1 rings (SSSR count). The van der Waals surface area contributed by atoms with Crippen LogP contribution in [0.4, 0.5) is 4.79 Å². The Balaban J connectivity index is 2.48. The number of imide groups is 2. The van der Waals surface area contributed by atoms with Crippen LogP contribution >= 0.6 is 0 Å². The fourth-order valence-electron chi connectivity index (χ4n) is 1.19. The number of hydrogen-bond acceptors (Lipinski definition) is 4. The van der Waals surface area contributed by atoms with Gasteiger partial charge in [0.05, 0.1) is 6.42 Å². The third-order valence-corrected chi connectivity index (χ3v) is 1.93. The molecule has 1 aromatic rings. The lowest BCUT2D eigenvalue weighted by Gasteiger charge is -2.04. The number of benzene rings is 1. The first kappa shape index (κ1) is 13.6. The van der Waals surface area contributed by atoms with Gasteiger partial charge in [-0.25, -0.2) is 4.79 Å². The molecule has 18 heavy (non-hydrogen) atoms. The molecule has 4 amide bonds. The number of carbonyl (C=O) groups is 4. The van der Waals surface area contributed by atoms with Gasteiger partial charge in [0.2, 0.25) is 5.91 Å². The number of nitrogens with one attached hydrogen (secondary N) is 2. The Morgan fingerprint density at radius 3 is 2.17 bits per heavy atom. The highest BCUT2D eigenvalue weighted by Crippen LogP contribution is 1.97. The van der Waals surface area contributed by atoms with E-state index in [4.69, 9.17) is 0 Å². The molecule has 6 heteroatoms. The number of urea groups is 1. The Morgan fingerprint density at radius 2 is 1.61 bits per heavy atom. The summed E-state index contributed by atoms with van der Waals surface area (Å²) in [5.74, 6) is -1.74. The summed E-state index contributed by atoms with van der Waals surface area (Å²) >= 11 is 0. The van der Waals surface area contributed by atoms with Crippen LogP contribution in [0.25, 0.3) is 0 Å². The van der Waals surface area contributed by atoms with Crippen LogP contribution < -0.4 is 10.6 Å². The smallest absolute Gasteiger partial charge is 0.299 e. The molecule has 0 bridgehead atoms. The van der Waals surface area contributed by atoms with Crippen molar-refractivity contribution in [3.8, 4) is 0 Å². The van der Waals surface area contributed by atoms with Crippen LogP contribution in [-0.4, -0.2) is 23.6 Å². The molecule has 0 aliphatic heterocycles. The third-order valence-electron chi connectivity index (χ3n) is 1.93. The van der Waals surface area contributed by atoms with Crippen molar-refractivity contribution in [2.75, 3.05) is 0 Å². The molecule has 6 nitrogen and oxygen atoms in total. The second kappa shape index (κ2) is 6.29. The van der Waals surface area contributed by atoms with Gasteiger partial charge in [0.1, 0.15) is 5.78 Å². The van der Waals surface area contributed by atoms with E-state index >= 15 is 0 Å². The van der Waals surface area contributed by atoms with E-state index in [-0.39, 0.29) is 5.78 Å². The largest absolute Gasteiger partial charge is 0.328 e. The van der Waals surface area contributed by atoms with Gasteiger partial charge in [-0.1, -0.05) is 18.2 Å². The number of rotatable bonds is 3. The van der Waals surface area contributed by atoms with Crippen molar-refractivity contribution in [2.24, 2.45) is 0 Å². The fraction of sp³-hybridized carbons (Fsp3) is 0.167. The highest BCUT2D eigenvalue weighted by molar-refractivity contribution is 6.10. The van der Waals surface area contributed by atoms with Crippen LogP contribution in [0.5, 0.6) is 0 Å². The normalized spacial score (nSPS) is 9.39. The lowest BCUT2D eigenvalue weighted by atomic mass is 10.2. The summed E-state index contributed by atoms with van der Waals surface area (Å²) in [6.07, 6.45) is -0.396. The van der Waals surface area contributed by atoms with E-state index in [9.17, 15) is 19.2 Å². The van der Waals surface area contributed by atoms with Gasteiger partial charge in [0.25, 0.3) is 5.91 Å². The molecular formula is C12H12N2O4. The molecule has 0 radical (unpaired) electrons. The topological polar surface area (TPSA) is 92.3 Å². The number of ketones is 1. The lowest BCUT2D eigenvalue weighted by molar-refractivity contribution is -0.126. The third kappa shape index (κ3) is 4.56. The highest BCUT2D eigenvalue weighted by atomic mass is 16.2. The standard InChI is InChI=1S/C12H12N2O4/c1-8(15)7-10(16)13-12(18)14-11(17)9-5-3-2-4-6-9/h2-6H,7H2,1H3,(H2,13,14,16,17,18). The number of amides is 4. The number of carbonyl (C=O) groups excluding carboxylic acids is 4. The van der Waals surface area contributed by atoms with Crippen LogP contribution in [-0.2, 0) is 9.59 Å². The van der Waals surface area contributed by atoms with E-state index in [1.54, 1.807) is 18.2 Å². The molecule has 0 fully saturated rings. The molecule has 94 valence electrons. The monoisotopic (exact) mass is 248 g/mol. The average molecular weight is 248 g/mol. The van der Waals surface area contributed by atoms with Gasteiger partial charge in [-0.05, 0) is 19.1 Å². The first-order valence-corrected chi connectivity index (χ1v) is 5.18. The zero-order valence-electron chi connectivity index (χ0n) is 9.73. The summed E-state index contributed by atoms with van der Waals surface area (Å²) in [6.45, 7) is 1.23. The molecule has 0 aliphatic rings. The first-order chi connectivity index (χ1) is 8.49. The SMILES string of the molecule is CC(=O)CC(=O)NC(=O)NC(=O)c1ccccc1. The molecule has 0 heterocycles. The summed E-state index contributed by atoms with van der Waals surface area (Å²) in [4.78, 5) is 44.4. The van der Waals surface area contributed by atoms with E-state index < -0.39 is 24.3 Å². The second-order valence-electron chi connectivity index (χ2n) is 3.58. The van der Waals surface area contributed by atoms with E-state index in [0.717, 1.165) is 0 Å². The van der Waals surface area contributed by atoms with Crippen LogP contribution in [0.15, 0.2) is 30.3 Å². The van der Waals surface area contributed by atoms with Gasteiger partial charge >= 0.3 is 6.03 Å². The quantitative estimate of drug-likeness (QED) is 0.767. The van der Waals surface area contributed by atoms with E-state index in [1.807, 2.05) is 10.6 Å². The summed E-state index contributed by atoms with van der Waals surface area (Å²) in [5, 5.41) is 3.86. The zero-order valence-corrected chi connectivity index (χ0v) is 9.73. The van der Waals surface area contributed by atoms with Crippen molar-refractivity contribution in [1.29, 1.82) is 0 Å². The van der Waals surface area contributed by atoms with Gasteiger partial charge < -0.3 is 0 Å². The molecular weight excluding hydrogens is 236 g/mol. The Morgan fingerprint density at radius 1 is 1.00 bits per heavy atom. The summed E-state index contributed by atoms with van der Waals surface area (Å²) < 4.78 is 0. The van der Waals surface area contributed by atoms with Crippen molar-refractivity contribution in [3.63, 3.8) is 0 Å². The molecule has 0 unspecified atom stereocenters. The molecule has 0 saturated carbocycles. The van der Waals surface area contributed by atoms with Crippen LogP contribution in [0.3, 0.4) is 0 Å². The van der Waals surface area contributed by atoms with Crippen molar-refractivity contribution in [1.82, 2.24) is 10.6 Å². The minimum absolute atomic E-state index is 0.298. The molecule has 0 spiro atoms. The lowest BCUT2D eigenvalue weighted by Crippen LogP contribution is -2.42. The van der Waals surface area contributed by atoms with Crippen LogP contribution in [0, 0.1) is 0 Å².